The van der Waals surface area contributed by atoms with Crippen LogP contribution in [0.4, 0.5) is 0 Å². The van der Waals surface area contributed by atoms with Crippen LogP contribution in [0.25, 0.3) is 0 Å². The van der Waals surface area contributed by atoms with Crippen molar-refractivity contribution in [2.75, 3.05) is 0 Å². The molecule has 0 radical (unpaired) electrons. The van der Waals surface area contributed by atoms with Crippen molar-refractivity contribution in [3.05, 3.63) is 0 Å². The Bertz CT molecular complexity index is 349. The fourth-order valence-electron chi connectivity index (χ4n) is 2.19. The molecule has 2 rings (SSSR count). The lowest BCUT2D eigenvalue weighted by atomic mass is 9.92. The SMILES string of the molecule is CC1OC2OC(C(NC=O)C1=O)C(O)C(O)C2O. The Hall–Kier alpha value is -1.06. The number of Topliss-reactive ketones (excluding diaryl/α,β-unsaturated/α-hetero) is 1. The summed E-state index contributed by atoms with van der Waals surface area (Å²) in [6.45, 7) is 1.44. The molecule has 0 aromatic heterocycles. The van der Waals surface area contributed by atoms with Gasteiger partial charge < -0.3 is 30.1 Å². The maximum atomic E-state index is 11.9. The highest BCUT2D eigenvalue weighted by molar-refractivity contribution is 5.90. The average molecular weight is 261 g/mol. The fourth-order valence-corrected chi connectivity index (χ4v) is 2.19. The molecular formula is C10H15NO7. The second-order valence-corrected chi connectivity index (χ2v) is 4.38. The number of carbonyl (C=O) groups is 2. The van der Waals surface area contributed by atoms with Gasteiger partial charge >= 0.3 is 0 Å². The van der Waals surface area contributed by atoms with Gasteiger partial charge in [-0.3, -0.25) is 9.59 Å². The minimum Gasteiger partial charge on any atom is -0.387 e. The second kappa shape index (κ2) is 4.90. The number of rotatable bonds is 2. The third-order valence-electron chi connectivity index (χ3n) is 3.23. The number of ketones is 1. The Morgan fingerprint density at radius 1 is 1.17 bits per heavy atom. The lowest BCUT2D eigenvalue weighted by molar-refractivity contribution is -0.295. The first-order chi connectivity index (χ1) is 8.47. The highest BCUT2D eigenvalue weighted by Gasteiger charge is 2.52. The van der Waals surface area contributed by atoms with Gasteiger partial charge in [0.25, 0.3) is 0 Å². The first kappa shape index (κ1) is 13.4. The topological polar surface area (TPSA) is 125 Å². The first-order valence-corrected chi connectivity index (χ1v) is 5.56. The Morgan fingerprint density at radius 2 is 1.83 bits per heavy atom. The molecule has 2 saturated heterocycles. The minimum atomic E-state index is -1.51. The quantitative estimate of drug-likeness (QED) is 0.388. The Morgan fingerprint density at radius 3 is 2.44 bits per heavy atom. The summed E-state index contributed by atoms with van der Waals surface area (Å²) < 4.78 is 10.4. The maximum absolute atomic E-state index is 11.9. The van der Waals surface area contributed by atoms with E-state index < -0.39 is 48.6 Å². The van der Waals surface area contributed by atoms with Gasteiger partial charge in [-0.25, -0.2) is 0 Å². The lowest BCUT2D eigenvalue weighted by Crippen LogP contribution is -2.62. The van der Waals surface area contributed by atoms with Gasteiger partial charge in [0.2, 0.25) is 6.41 Å². The van der Waals surface area contributed by atoms with Crippen LogP contribution in [0.3, 0.4) is 0 Å². The smallest absolute Gasteiger partial charge is 0.207 e. The van der Waals surface area contributed by atoms with Gasteiger partial charge in [-0.1, -0.05) is 0 Å². The molecule has 4 N–H and O–H groups in total. The van der Waals surface area contributed by atoms with Crippen LogP contribution in [0, 0.1) is 0 Å². The van der Waals surface area contributed by atoms with E-state index in [4.69, 9.17) is 9.47 Å². The third kappa shape index (κ3) is 2.02. The third-order valence-corrected chi connectivity index (χ3v) is 3.23. The predicted octanol–water partition coefficient (Wildman–Crippen LogP) is -3.10. The van der Waals surface area contributed by atoms with E-state index in [9.17, 15) is 24.9 Å². The van der Waals surface area contributed by atoms with Crippen molar-refractivity contribution in [2.24, 2.45) is 0 Å². The first-order valence-electron chi connectivity index (χ1n) is 5.56. The summed E-state index contributed by atoms with van der Waals surface area (Å²) in [4.78, 5) is 22.4. The zero-order valence-electron chi connectivity index (χ0n) is 9.59. The number of nitrogens with one attached hydrogen (secondary N) is 1. The van der Waals surface area contributed by atoms with Crippen molar-refractivity contribution in [1.29, 1.82) is 0 Å². The number of amides is 1. The summed E-state index contributed by atoms with van der Waals surface area (Å²) >= 11 is 0. The molecule has 2 bridgehead atoms. The molecule has 7 atom stereocenters. The van der Waals surface area contributed by atoms with Crippen LogP contribution in [-0.2, 0) is 19.1 Å². The normalized spacial score (nSPS) is 48.4. The van der Waals surface area contributed by atoms with E-state index >= 15 is 0 Å². The molecule has 0 aromatic carbocycles. The molecule has 8 heteroatoms. The molecule has 1 amide bonds. The van der Waals surface area contributed by atoms with Crippen molar-refractivity contribution < 1.29 is 34.4 Å². The van der Waals surface area contributed by atoms with Crippen LogP contribution >= 0.6 is 0 Å². The summed E-state index contributed by atoms with van der Waals surface area (Å²) in [6, 6.07) is -1.13. The van der Waals surface area contributed by atoms with Gasteiger partial charge in [-0.05, 0) is 6.92 Å². The molecule has 18 heavy (non-hydrogen) atoms. The summed E-state index contributed by atoms with van der Waals surface area (Å²) in [6.07, 6.45) is -7.45. The highest BCUT2D eigenvalue weighted by atomic mass is 16.7. The zero-order chi connectivity index (χ0) is 13.4. The van der Waals surface area contributed by atoms with Crippen LogP contribution in [-0.4, -0.2) is 70.4 Å². The number of carbonyl (C=O) groups excluding carboxylic acids is 2. The second-order valence-electron chi connectivity index (χ2n) is 4.38. The van der Waals surface area contributed by atoms with Gasteiger partial charge in [-0.15, -0.1) is 0 Å². The Balaban J connectivity index is 2.33. The summed E-state index contributed by atoms with van der Waals surface area (Å²) in [5, 5.41) is 31.3. The number of ether oxygens (including phenoxy) is 2. The average Bonchev–Trinajstić information content (AvgIpc) is 2.46. The van der Waals surface area contributed by atoms with Crippen LogP contribution < -0.4 is 5.32 Å². The number of aliphatic hydroxyl groups excluding tert-OH is 3. The van der Waals surface area contributed by atoms with Crippen molar-refractivity contribution in [3.8, 4) is 0 Å². The maximum Gasteiger partial charge on any atom is 0.207 e. The van der Waals surface area contributed by atoms with Crippen LogP contribution in [0.15, 0.2) is 0 Å². The number of aliphatic hydroxyl groups is 3. The van der Waals surface area contributed by atoms with Gasteiger partial charge in [0.15, 0.2) is 12.1 Å². The van der Waals surface area contributed by atoms with Crippen LogP contribution in [0.5, 0.6) is 0 Å². The van der Waals surface area contributed by atoms with E-state index in [1.807, 2.05) is 0 Å². The van der Waals surface area contributed by atoms with E-state index in [1.54, 1.807) is 0 Å². The van der Waals surface area contributed by atoms with Crippen molar-refractivity contribution in [3.63, 3.8) is 0 Å². The van der Waals surface area contributed by atoms with E-state index in [2.05, 4.69) is 5.32 Å². The molecule has 0 aromatic rings. The molecule has 0 saturated carbocycles. The van der Waals surface area contributed by atoms with E-state index in [-0.39, 0.29) is 0 Å². The molecule has 7 unspecified atom stereocenters. The number of hydrogen-bond donors (Lipinski definition) is 4. The molecule has 0 aliphatic carbocycles. The monoisotopic (exact) mass is 261 g/mol. The summed E-state index contributed by atoms with van der Waals surface area (Å²) in [7, 11) is 0. The molecule has 102 valence electrons. The number of hydrogen-bond acceptors (Lipinski definition) is 7. The standard InChI is InChI=1S/C10H15NO7/c1-3-5(13)4(11-2-12)9-7(15)6(14)8(16)10(17-3)18-9/h2-4,6-10,14-16H,1H3,(H,11,12). The molecule has 2 heterocycles. The van der Waals surface area contributed by atoms with Gasteiger partial charge in [0.1, 0.15) is 36.6 Å². The van der Waals surface area contributed by atoms with E-state index in [0.29, 0.717) is 6.41 Å². The van der Waals surface area contributed by atoms with Crippen LogP contribution in [0.1, 0.15) is 6.92 Å². The van der Waals surface area contributed by atoms with Gasteiger partial charge in [0.05, 0.1) is 0 Å². The highest BCUT2D eigenvalue weighted by Crippen LogP contribution is 2.28. The molecule has 0 spiro atoms. The molecule has 2 aliphatic rings. The van der Waals surface area contributed by atoms with Crippen LogP contribution in [0.2, 0.25) is 0 Å². The van der Waals surface area contributed by atoms with Gasteiger partial charge in [0, 0.05) is 0 Å². The van der Waals surface area contributed by atoms with E-state index in [0.717, 1.165) is 0 Å². The summed E-state index contributed by atoms with van der Waals surface area (Å²) in [5.74, 6) is -0.491. The Kier molecular flexibility index (Phi) is 3.64. The fraction of sp³-hybridized carbons (Fsp3) is 0.800. The minimum absolute atomic E-state index is 0.309. The molecule has 8 nitrogen and oxygen atoms in total. The Labute approximate surface area is 102 Å². The molecular weight excluding hydrogens is 246 g/mol. The van der Waals surface area contributed by atoms with Crippen molar-refractivity contribution in [2.45, 2.75) is 49.8 Å². The molecule has 2 fully saturated rings. The number of fused-ring (bicyclic) bond motifs is 2. The zero-order valence-corrected chi connectivity index (χ0v) is 9.59. The van der Waals surface area contributed by atoms with Crippen molar-refractivity contribution >= 4 is 12.2 Å². The van der Waals surface area contributed by atoms with Crippen molar-refractivity contribution in [1.82, 2.24) is 5.32 Å². The largest absolute Gasteiger partial charge is 0.387 e. The van der Waals surface area contributed by atoms with Gasteiger partial charge in [-0.2, -0.15) is 0 Å². The van der Waals surface area contributed by atoms with E-state index in [1.165, 1.54) is 6.92 Å². The molecule has 2 aliphatic heterocycles. The lowest BCUT2D eigenvalue weighted by Gasteiger charge is -2.40. The summed E-state index contributed by atoms with van der Waals surface area (Å²) in [5.41, 5.74) is 0. The predicted molar refractivity (Wildman–Crippen MR) is 55.2 cm³/mol.